The lowest BCUT2D eigenvalue weighted by atomic mass is 10.1. The zero-order chi connectivity index (χ0) is 17.3. The summed E-state index contributed by atoms with van der Waals surface area (Å²) in [5, 5.41) is 4.32. The molecule has 0 saturated carbocycles. The number of piperazine rings is 1. The van der Waals surface area contributed by atoms with Crippen molar-refractivity contribution in [3.05, 3.63) is 29.7 Å². The van der Waals surface area contributed by atoms with Crippen LogP contribution >= 0.6 is 0 Å². The summed E-state index contributed by atoms with van der Waals surface area (Å²) >= 11 is 0. The van der Waals surface area contributed by atoms with Crippen LogP contribution in [0.2, 0.25) is 0 Å². The van der Waals surface area contributed by atoms with Gasteiger partial charge < -0.3 is 14.5 Å². The molecule has 0 atom stereocenters. The Labute approximate surface area is 142 Å². The van der Waals surface area contributed by atoms with Crippen molar-refractivity contribution in [2.45, 2.75) is 39.7 Å². The average Bonchev–Trinajstić information content (AvgIpc) is 2.98. The predicted molar refractivity (Wildman–Crippen MR) is 91.8 cm³/mol. The van der Waals surface area contributed by atoms with Crippen LogP contribution in [0.15, 0.2) is 34.7 Å². The number of hydrogen-bond acceptors (Lipinski definition) is 5. The second-order valence-corrected chi connectivity index (χ2v) is 7.16. The average molecular weight is 331 g/mol. The monoisotopic (exact) mass is 331 g/mol. The largest absolute Gasteiger partial charge is 0.444 e. The highest BCUT2D eigenvalue weighted by Crippen LogP contribution is 2.24. The molecule has 0 radical (unpaired) electrons. The maximum Gasteiger partial charge on any atom is 0.410 e. The molecule has 1 aromatic heterocycles. The van der Waals surface area contributed by atoms with Gasteiger partial charge in [-0.15, -0.1) is 0 Å². The highest BCUT2D eigenvalue weighted by Gasteiger charge is 2.32. The van der Waals surface area contributed by atoms with E-state index in [4.69, 9.17) is 9.73 Å². The third-order valence-electron chi connectivity index (χ3n) is 4.10. The van der Waals surface area contributed by atoms with Gasteiger partial charge in [-0.05, 0) is 40.2 Å². The van der Waals surface area contributed by atoms with Crippen LogP contribution in [0, 0.1) is 0 Å². The van der Waals surface area contributed by atoms with Gasteiger partial charge in [0.05, 0.1) is 6.54 Å². The van der Waals surface area contributed by atoms with Gasteiger partial charge in [0, 0.05) is 37.7 Å². The molecule has 7 heteroatoms. The third-order valence-corrected chi connectivity index (χ3v) is 4.10. The summed E-state index contributed by atoms with van der Waals surface area (Å²) in [5.74, 6) is 0.829. The van der Waals surface area contributed by atoms with Gasteiger partial charge in [0.1, 0.15) is 5.60 Å². The molecule has 0 aliphatic carbocycles. The Bertz CT molecular complexity index is 670. The lowest BCUT2D eigenvalue weighted by Gasteiger charge is -2.39. The first-order valence-corrected chi connectivity index (χ1v) is 8.34. The zero-order valence-corrected chi connectivity index (χ0v) is 14.8. The molecule has 0 spiro atoms. The fourth-order valence-corrected chi connectivity index (χ4v) is 2.91. The molecule has 1 fully saturated rings. The highest BCUT2D eigenvalue weighted by atomic mass is 16.6. The molecule has 0 aromatic carbocycles. The molecule has 24 heavy (non-hydrogen) atoms. The smallest absolute Gasteiger partial charge is 0.410 e. The fraction of sp³-hybridized carbons (Fsp3) is 0.588. The topological polar surface area (TPSA) is 63.0 Å². The fourth-order valence-electron chi connectivity index (χ4n) is 2.91. The number of aliphatic imine (C=N–C) groups is 1. The summed E-state index contributed by atoms with van der Waals surface area (Å²) in [6, 6.07) is 1.89. The normalized spacial score (nSPS) is 18.9. The SMILES string of the molecule is CC1=C2CN(C(=O)OC(C)(C)C)CCN2C(n2cccn2)=NCC1. The van der Waals surface area contributed by atoms with E-state index in [-0.39, 0.29) is 6.09 Å². The van der Waals surface area contributed by atoms with Crippen molar-refractivity contribution in [1.29, 1.82) is 0 Å². The van der Waals surface area contributed by atoms with E-state index in [0.29, 0.717) is 19.6 Å². The van der Waals surface area contributed by atoms with E-state index in [1.165, 1.54) is 5.57 Å². The van der Waals surface area contributed by atoms with E-state index in [9.17, 15) is 4.79 Å². The van der Waals surface area contributed by atoms with Crippen LogP contribution in [0.5, 0.6) is 0 Å². The van der Waals surface area contributed by atoms with E-state index < -0.39 is 5.60 Å². The Balaban J connectivity index is 1.82. The first kappa shape index (κ1) is 16.5. The molecule has 7 nitrogen and oxygen atoms in total. The minimum atomic E-state index is -0.483. The molecule has 2 aliphatic heterocycles. The molecular weight excluding hydrogens is 306 g/mol. The molecule has 130 valence electrons. The minimum Gasteiger partial charge on any atom is -0.444 e. The summed E-state index contributed by atoms with van der Waals surface area (Å²) in [6.07, 6.45) is 4.28. The summed E-state index contributed by atoms with van der Waals surface area (Å²) in [6.45, 7) is 10.3. The molecule has 0 bridgehead atoms. The molecule has 1 aromatic rings. The van der Waals surface area contributed by atoms with E-state index in [1.54, 1.807) is 15.8 Å². The van der Waals surface area contributed by atoms with Gasteiger partial charge in [0.15, 0.2) is 0 Å². The number of rotatable bonds is 0. The number of nitrogens with zero attached hydrogens (tertiary/aromatic N) is 5. The van der Waals surface area contributed by atoms with Gasteiger partial charge in [0.2, 0.25) is 5.96 Å². The standard InChI is InChI=1S/C17H25N5O2/c1-13-6-8-18-15(22-9-5-7-19-22)21-11-10-20(12-14(13)21)16(23)24-17(2,3)4/h5,7,9H,6,8,10-12H2,1-4H3. The lowest BCUT2D eigenvalue weighted by molar-refractivity contribution is 0.0220. The Kier molecular flexibility index (Phi) is 4.34. The van der Waals surface area contributed by atoms with Gasteiger partial charge in [-0.2, -0.15) is 5.10 Å². The van der Waals surface area contributed by atoms with Gasteiger partial charge in [0.25, 0.3) is 0 Å². The molecular formula is C17H25N5O2. The van der Waals surface area contributed by atoms with Gasteiger partial charge in [-0.1, -0.05) is 5.57 Å². The first-order valence-electron chi connectivity index (χ1n) is 8.34. The molecule has 2 aliphatic rings. The molecule has 3 rings (SSSR count). The maximum atomic E-state index is 12.4. The van der Waals surface area contributed by atoms with Crippen molar-refractivity contribution in [2.24, 2.45) is 4.99 Å². The van der Waals surface area contributed by atoms with Gasteiger partial charge in [-0.3, -0.25) is 4.99 Å². The molecule has 0 N–H and O–H groups in total. The summed E-state index contributed by atoms with van der Waals surface area (Å²) in [7, 11) is 0. The van der Waals surface area contributed by atoms with Gasteiger partial charge in [-0.25, -0.2) is 9.48 Å². The van der Waals surface area contributed by atoms with Crippen molar-refractivity contribution < 1.29 is 9.53 Å². The number of carbonyl (C=O) groups excluding carboxylic acids is 1. The quantitative estimate of drug-likeness (QED) is 0.732. The Morgan fingerprint density at radius 2 is 2.08 bits per heavy atom. The number of fused-ring (bicyclic) bond motifs is 1. The molecule has 3 heterocycles. The van der Waals surface area contributed by atoms with Crippen molar-refractivity contribution in [2.75, 3.05) is 26.2 Å². The summed E-state index contributed by atoms with van der Waals surface area (Å²) in [4.78, 5) is 21.0. The number of carbonyl (C=O) groups is 1. The molecule has 0 unspecified atom stereocenters. The predicted octanol–water partition coefficient (Wildman–Crippen LogP) is 2.32. The maximum absolute atomic E-state index is 12.4. The zero-order valence-electron chi connectivity index (χ0n) is 14.8. The second-order valence-electron chi connectivity index (χ2n) is 7.16. The van der Waals surface area contributed by atoms with Crippen molar-refractivity contribution >= 4 is 12.1 Å². The Hall–Kier alpha value is -2.31. The third kappa shape index (κ3) is 3.44. The van der Waals surface area contributed by atoms with Crippen LogP contribution in [-0.4, -0.2) is 63.4 Å². The number of aromatic nitrogens is 2. The number of amides is 1. The number of ether oxygens (including phenoxy) is 1. The number of hydrogen-bond donors (Lipinski definition) is 0. The Morgan fingerprint density at radius 1 is 1.29 bits per heavy atom. The Morgan fingerprint density at radius 3 is 2.75 bits per heavy atom. The van der Waals surface area contributed by atoms with Crippen LogP contribution < -0.4 is 0 Å². The van der Waals surface area contributed by atoms with Crippen LogP contribution in [0.1, 0.15) is 34.1 Å². The first-order chi connectivity index (χ1) is 11.3. The van der Waals surface area contributed by atoms with Gasteiger partial charge >= 0.3 is 6.09 Å². The molecule has 1 saturated heterocycles. The van der Waals surface area contributed by atoms with Crippen molar-refractivity contribution in [1.82, 2.24) is 19.6 Å². The summed E-state index contributed by atoms with van der Waals surface area (Å²) in [5.41, 5.74) is 1.90. The highest BCUT2D eigenvalue weighted by molar-refractivity contribution is 5.84. The van der Waals surface area contributed by atoms with E-state index in [1.807, 2.05) is 33.0 Å². The minimum absolute atomic E-state index is 0.260. The van der Waals surface area contributed by atoms with E-state index in [0.717, 1.165) is 24.6 Å². The van der Waals surface area contributed by atoms with Crippen LogP contribution in [-0.2, 0) is 4.74 Å². The van der Waals surface area contributed by atoms with E-state index >= 15 is 0 Å². The lowest BCUT2D eigenvalue weighted by Crippen LogP contribution is -2.51. The van der Waals surface area contributed by atoms with Crippen molar-refractivity contribution in [3.8, 4) is 0 Å². The van der Waals surface area contributed by atoms with Crippen LogP contribution in [0.25, 0.3) is 0 Å². The van der Waals surface area contributed by atoms with Crippen molar-refractivity contribution in [3.63, 3.8) is 0 Å². The summed E-state index contributed by atoms with van der Waals surface area (Å²) < 4.78 is 7.31. The molecule has 1 amide bonds. The van der Waals surface area contributed by atoms with Crippen LogP contribution in [0.4, 0.5) is 4.79 Å². The van der Waals surface area contributed by atoms with Crippen LogP contribution in [0.3, 0.4) is 0 Å². The van der Waals surface area contributed by atoms with E-state index in [2.05, 4.69) is 16.9 Å². The second kappa shape index (κ2) is 6.30.